The number of imidazole rings is 1. The second-order valence-electron chi connectivity index (χ2n) is 7.41. The molecule has 2 aromatic heterocycles. The number of aromatic amines is 1. The lowest BCUT2D eigenvalue weighted by Crippen LogP contribution is -2.29. The Labute approximate surface area is 166 Å². The molecule has 0 radical (unpaired) electrons. The summed E-state index contributed by atoms with van der Waals surface area (Å²) in [6.07, 6.45) is 12.4. The van der Waals surface area contributed by atoms with Crippen LogP contribution < -0.4 is 16.6 Å². The minimum atomic E-state index is -0.477. The third-order valence-electron chi connectivity index (χ3n) is 5.14. The summed E-state index contributed by atoms with van der Waals surface area (Å²) < 4.78 is 3.17. The molecule has 0 aliphatic rings. The number of aromatic nitrogens is 4. The fraction of sp³-hybridized carbons (Fsp3) is 0.750. The molecule has 0 saturated heterocycles. The van der Waals surface area contributed by atoms with Gasteiger partial charge in [-0.15, -0.1) is 0 Å². The Bertz CT molecular complexity index is 837. The molecule has 0 aromatic carbocycles. The van der Waals surface area contributed by atoms with Gasteiger partial charge in [0, 0.05) is 20.1 Å². The van der Waals surface area contributed by atoms with Gasteiger partial charge >= 0.3 is 5.69 Å². The van der Waals surface area contributed by atoms with Gasteiger partial charge in [0.25, 0.3) is 5.56 Å². The van der Waals surface area contributed by atoms with E-state index in [9.17, 15) is 9.59 Å². The number of nitrogens with zero attached hydrogens (tertiary/aromatic N) is 3. The Morgan fingerprint density at radius 1 is 1.00 bits per heavy atom. The Morgan fingerprint density at radius 2 is 1.61 bits per heavy atom. The van der Waals surface area contributed by atoms with Gasteiger partial charge in [0.2, 0.25) is 5.95 Å². The summed E-state index contributed by atoms with van der Waals surface area (Å²) in [4.78, 5) is 30.9. The van der Waals surface area contributed by atoms with Gasteiger partial charge in [-0.05, 0) is 6.42 Å². The average molecular weight is 394 g/mol. The number of anilines is 1. The van der Waals surface area contributed by atoms with Crippen LogP contribution >= 0.6 is 0 Å². The Balaban J connectivity index is 1.93. The summed E-state index contributed by atoms with van der Waals surface area (Å²) in [6, 6.07) is 0. The number of rotatable bonds is 14. The van der Waals surface area contributed by atoms with Gasteiger partial charge in [0.1, 0.15) is 0 Å². The predicted molar refractivity (Wildman–Crippen MR) is 113 cm³/mol. The van der Waals surface area contributed by atoms with Crippen molar-refractivity contribution >= 4 is 17.1 Å². The molecule has 8 heteroatoms. The van der Waals surface area contributed by atoms with Crippen molar-refractivity contribution in [3.05, 3.63) is 20.8 Å². The Kier molecular flexibility index (Phi) is 9.27. The molecule has 8 nitrogen and oxygen atoms in total. The SMILES string of the molecule is CCCCCCCCCCCCn1c(NCCO)nc2c1c(=O)[nH]c(=O)n2C. The molecule has 0 bridgehead atoms. The lowest BCUT2D eigenvalue weighted by molar-refractivity contribution is 0.310. The summed E-state index contributed by atoms with van der Waals surface area (Å²) in [5, 5.41) is 12.1. The zero-order chi connectivity index (χ0) is 20.4. The largest absolute Gasteiger partial charge is 0.395 e. The van der Waals surface area contributed by atoms with Crippen LogP contribution in [0, 0.1) is 0 Å². The molecule has 0 aliphatic heterocycles. The minimum absolute atomic E-state index is 0.0310. The van der Waals surface area contributed by atoms with Gasteiger partial charge < -0.3 is 15.0 Å². The highest BCUT2D eigenvalue weighted by Crippen LogP contribution is 2.17. The number of fused-ring (bicyclic) bond motifs is 1. The van der Waals surface area contributed by atoms with Crippen LogP contribution in [-0.2, 0) is 13.6 Å². The first-order valence-electron chi connectivity index (χ1n) is 10.6. The molecule has 0 aliphatic carbocycles. The summed E-state index contributed by atoms with van der Waals surface area (Å²) in [6.45, 7) is 3.20. The highest BCUT2D eigenvalue weighted by atomic mass is 16.3. The van der Waals surface area contributed by atoms with E-state index < -0.39 is 11.2 Å². The first-order valence-corrected chi connectivity index (χ1v) is 10.6. The fourth-order valence-corrected chi connectivity index (χ4v) is 3.51. The van der Waals surface area contributed by atoms with E-state index in [0.29, 0.717) is 30.2 Å². The molecule has 0 amide bonds. The van der Waals surface area contributed by atoms with E-state index in [-0.39, 0.29) is 6.61 Å². The van der Waals surface area contributed by atoms with E-state index >= 15 is 0 Å². The van der Waals surface area contributed by atoms with Crippen molar-refractivity contribution in [3.8, 4) is 0 Å². The van der Waals surface area contributed by atoms with E-state index in [4.69, 9.17) is 5.11 Å². The smallest absolute Gasteiger partial charge is 0.329 e. The summed E-state index contributed by atoms with van der Waals surface area (Å²) in [7, 11) is 1.59. The molecule has 2 heterocycles. The van der Waals surface area contributed by atoms with Crippen LogP contribution in [0.2, 0.25) is 0 Å². The highest BCUT2D eigenvalue weighted by molar-refractivity contribution is 5.74. The van der Waals surface area contributed by atoms with Crippen molar-refractivity contribution in [2.75, 3.05) is 18.5 Å². The molecule has 0 atom stereocenters. The summed E-state index contributed by atoms with van der Waals surface area (Å²) in [5.74, 6) is 0.520. The van der Waals surface area contributed by atoms with Gasteiger partial charge in [-0.3, -0.25) is 14.3 Å². The zero-order valence-electron chi connectivity index (χ0n) is 17.3. The van der Waals surface area contributed by atoms with Crippen molar-refractivity contribution < 1.29 is 5.11 Å². The molecule has 28 heavy (non-hydrogen) atoms. The summed E-state index contributed by atoms with van der Waals surface area (Å²) >= 11 is 0. The number of H-pyrrole nitrogens is 1. The molecule has 2 aromatic rings. The van der Waals surface area contributed by atoms with Crippen LogP contribution in [0.1, 0.15) is 71.1 Å². The van der Waals surface area contributed by atoms with Crippen LogP contribution in [-0.4, -0.2) is 37.4 Å². The van der Waals surface area contributed by atoms with E-state index in [2.05, 4.69) is 22.2 Å². The molecule has 2 rings (SSSR count). The van der Waals surface area contributed by atoms with Crippen molar-refractivity contribution in [3.63, 3.8) is 0 Å². The van der Waals surface area contributed by atoms with E-state index in [1.807, 2.05) is 4.57 Å². The normalized spacial score (nSPS) is 11.4. The number of aliphatic hydroxyl groups is 1. The number of hydrogen-bond acceptors (Lipinski definition) is 5. The van der Waals surface area contributed by atoms with Crippen LogP contribution in [0.4, 0.5) is 5.95 Å². The zero-order valence-corrected chi connectivity index (χ0v) is 17.3. The van der Waals surface area contributed by atoms with Crippen molar-refractivity contribution in [2.45, 2.75) is 77.7 Å². The van der Waals surface area contributed by atoms with Gasteiger partial charge in [0.15, 0.2) is 11.2 Å². The standard InChI is InChI=1S/C20H35N5O3/c1-3-4-5-6-7-8-9-10-11-12-14-25-16-17(22-19(25)21-13-15-26)24(2)20(28)23-18(16)27/h26H,3-15H2,1-2H3,(H,21,22)(H,23,27,28). The Morgan fingerprint density at radius 3 is 2.21 bits per heavy atom. The Hall–Kier alpha value is -2.09. The molecule has 0 spiro atoms. The van der Waals surface area contributed by atoms with Crippen molar-refractivity contribution in [1.82, 2.24) is 19.1 Å². The lowest BCUT2D eigenvalue weighted by Gasteiger charge is -2.09. The van der Waals surface area contributed by atoms with E-state index in [0.717, 1.165) is 12.8 Å². The molecule has 0 unspecified atom stereocenters. The number of unbranched alkanes of at least 4 members (excludes halogenated alkanes) is 9. The first-order chi connectivity index (χ1) is 13.6. The second-order valence-corrected chi connectivity index (χ2v) is 7.41. The van der Waals surface area contributed by atoms with Crippen molar-refractivity contribution in [1.29, 1.82) is 0 Å². The number of aliphatic hydroxyl groups excluding tert-OH is 1. The highest BCUT2D eigenvalue weighted by Gasteiger charge is 2.16. The third kappa shape index (κ3) is 5.95. The maximum Gasteiger partial charge on any atom is 0.329 e. The number of hydrogen-bond donors (Lipinski definition) is 3. The van der Waals surface area contributed by atoms with Gasteiger partial charge in [-0.1, -0.05) is 64.7 Å². The fourth-order valence-electron chi connectivity index (χ4n) is 3.51. The van der Waals surface area contributed by atoms with Gasteiger partial charge in [-0.25, -0.2) is 4.79 Å². The number of nitrogens with one attached hydrogen (secondary N) is 2. The number of aryl methyl sites for hydroxylation is 2. The van der Waals surface area contributed by atoms with Gasteiger partial charge in [-0.2, -0.15) is 4.98 Å². The molecular formula is C20H35N5O3. The maximum absolute atomic E-state index is 12.3. The quantitative estimate of drug-likeness (QED) is 0.428. The van der Waals surface area contributed by atoms with Crippen molar-refractivity contribution in [2.24, 2.45) is 7.05 Å². The minimum Gasteiger partial charge on any atom is -0.395 e. The van der Waals surface area contributed by atoms with Crippen LogP contribution in [0.25, 0.3) is 11.2 Å². The third-order valence-corrected chi connectivity index (χ3v) is 5.14. The molecule has 158 valence electrons. The molecule has 3 N–H and O–H groups in total. The van der Waals surface area contributed by atoms with E-state index in [1.54, 1.807) is 7.05 Å². The van der Waals surface area contributed by atoms with Crippen LogP contribution in [0.15, 0.2) is 9.59 Å². The van der Waals surface area contributed by atoms with Crippen LogP contribution in [0.3, 0.4) is 0 Å². The first kappa shape index (κ1) is 22.2. The molecule has 0 fully saturated rings. The monoisotopic (exact) mass is 393 g/mol. The molecular weight excluding hydrogens is 358 g/mol. The maximum atomic E-state index is 12.3. The lowest BCUT2D eigenvalue weighted by atomic mass is 10.1. The predicted octanol–water partition coefficient (Wildman–Crippen LogP) is 2.75. The average Bonchev–Trinajstić information content (AvgIpc) is 3.05. The van der Waals surface area contributed by atoms with Gasteiger partial charge in [0.05, 0.1) is 6.61 Å². The van der Waals surface area contributed by atoms with E-state index in [1.165, 1.54) is 55.9 Å². The van der Waals surface area contributed by atoms with Crippen LogP contribution in [0.5, 0.6) is 0 Å². The second kappa shape index (κ2) is 11.7. The topological polar surface area (TPSA) is 105 Å². The molecule has 0 saturated carbocycles. The summed E-state index contributed by atoms with van der Waals surface area (Å²) in [5.41, 5.74) is -0.135.